The highest BCUT2D eigenvalue weighted by molar-refractivity contribution is 6.36. The fourth-order valence-corrected chi connectivity index (χ4v) is 1.55. The Morgan fingerprint density at radius 1 is 1.33 bits per heavy atom. The fraction of sp³-hybridized carbons (Fsp3) is 0.200. The molecular weight excluding hydrogens is 283 g/mol. The van der Waals surface area contributed by atoms with Crippen LogP contribution in [0.5, 0.6) is 0 Å². The number of hydrogen-bond acceptors (Lipinski definition) is 3. The lowest BCUT2D eigenvalue weighted by molar-refractivity contribution is -0.140. The quantitative estimate of drug-likeness (QED) is 0.677. The second-order valence-corrected chi connectivity index (χ2v) is 4.14. The second-order valence-electron chi connectivity index (χ2n) is 3.30. The van der Waals surface area contributed by atoms with Crippen LogP contribution >= 0.6 is 23.2 Å². The highest BCUT2D eigenvalue weighted by atomic mass is 35.5. The van der Waals surface area contributed by atoms with Crippen molar-refractivity contribution < 1.29 is 19.8 Å². The van der Waals surface area contributed by atoms with E-state index >= 15 is 0 Å². The maximum atomic E-state index is 11.4. The number of nitrogens with one attached hydrogen (secondary N) is 2. The SMILES string of the molecule is O=C(Nc1ccc(Cl)cc1Cl)NC(CO)C(=O)O. The molecule has 2 amide bonds. The Labute approximate surface area is 113 Å². The number of benzene rings is 1. The van der Waals surface area contributed by atoms with Crippen LogP contribution in [-0.4, -0.2) is 34.9 Å². The summed E-state index contributed by atoms with van der Waals surface area (Å²) in [7, 11) is 0. The van der Waals surface area contributed by atoms with E-state index in [9.17, 15) is 9.59 Å². The smallest absolute Gasteiger partial charge is 0.328 e. The molecule has 0 spiro atoms. The van der Waals surface area contributed by atoms with Crippen LogP contribution in [0, 0.1) is 0 Å². The summed E-state index contributed by atoms with van der Waals surface area (Å²) in [5.74, 6) is -1.34. The van der Waals surface area contributed by atoms with Crippen LogP contribution in [0.1, 0.15) is 0 Å². The normalized spacial score (nSPS) is 11.7. The summed E-state index contributed by atoms with van der Waals surface area (Å²) in [4.78, 5) is 22.0. The zero-order valence-electron chi connectivity index (χ0n) is 8.98. The first-order chi connectivity index (χ1) is 8.43. The summed E-state index contributed by atoms with van der Waals surface area (Å²) in [6.07, 6.45) is 0. The van der Waals surface area contributed by atoms with Gasteiger partial charge >= 0.3 is 12.0 Å². The number of aliphatic carboxylic acids is 1. The number of aliphatic hydroxyl groups is 1. The lowest BCUT2D eigenvalue weighted by atomic mass is 10.3. The summed E-state index contributed by atoms with van der Waals surface area (Å²) in [6, 6.07) is 2.25. The highest BCUT2D eigenvalue weighted by Crippen LogP contribution is 2.25. The predicted molar refractivity (Wildman–Crippen MR) is 67.1 cm³/mol. The third kappa shape index (κ3) is 4.06. The van der Waals surface area contributed by atoms with Gasteiger partial charge in [-0.1, -0.05) is 23.2 Å². The average Bonchev–Trinajstić information content (AvgIpc) is 2.29. The Balaban J connectivity index is 2.67. The van der Waals surface area contributed by atoms with Gasteiger partial charge < -0.3 is 20.8 Å². The van der Waals surface area contributed by atoms with Crippen molar-refractivity contribution in [2.24, 2.45) is 0 Å². The van der Waals surface area contributed by atoms with Crippen molar-refractivity contribution >= 4 is 40.9 Å². The molecule has 0 aliphatic rings. The number of halogens is 2. The van der Waals surface area contributed by atoms with Crippen molar-refractivity contribution in [1.29, 1.82) is 0 Å². The lowest BCUT2D eigenvalue weighted by Crippen LogP contribution is -2.45. The molecule has 1 aromatic carbocycles. The molecule has 6 nitrogen and oxygen atoms in total. The van der Waals surface area contributed by atoms with Crippen molar-refractivity contribution in [2.75, 3.05) is 11.9 Å². The van der Waals surface area contributed by atoms with Crippen molar-refractivity contribution in [3.05, 3.63) is 28.2 Å². The number of carbonyl (C=O) groups excluding carboxylic acids is 1. The van der Waals surface area contributed by atoms with Crippen LogP contribution in [0.3, 0.4) is 0 Å². The molecule has 0 heterocycles. The Kier molecular flexibility index (Phi) is 5.21. The van der Waals surface area contributed by atoms with Crippen LogP contribution in [0.2, 0.25) is 10.0 Å². The van der Waals surface area contributed by atoms with E-state index < -0.39 is 24.6 Å². The number of carbonyl (C=O) groups is 2. The van der Waals surface area contributed by atoms with E-state index in [1.165, 1.54) is 18.2 Å². The topological polar surface area (TPSA) is 98.7 Å². The Hall–Kier alpha value is -1.50. The molecule has 8 heteroatoms. The van der Waals surface area contributed by atoms with Crippen LogP contribution in [-0.2, 0) is 4.79 Å². The van der Waals surface area contributed by atoms with Gasteiger partial charge in [0.15, 0.2) is 6.04 Å². The highest BCUT2D eigenvalue weighted by Gasteiger charge is 2.18. The van der Waals surface area contributed by atoms with Crippen LogP contribution < -0.4 is 10.6 Å². The maximum absolute atomic E-state index is 11.4. The molecule has 0 fully saturated rings. The molecule has 0 saturated carbocycles. The number of carboxylic acid groups (broad SMARTS) is 1. The van der Waals surface area contributed by atoms with Gasteiger partial charge in [-0.15, -0.1) is 0 Å². The van der Waals surface area contributed by atoms with Gasteiger partial charge in [0, 0.05) is 5.02 Å². The first-order valence-electron chi connectivity index (χ1n) is 4.80. The molecule has 0 aliphatic carbocycles. The zero-order valence-corrected chi connectivity index (χ0v) is 10.5. The van der Waals surface area contributed by atoms with E-state index in [1.807, 2.05) is 0 Å². The minimum absolute atomic E-state index is 0.216. The average molecular weight is 293 g/mol. The molecule has 0 aromatic heterocycles. The molecule has 18 heavy (non-hydrogen) atoms. The lowest BCUT2D eigenvalue weighted by Gasteiger charge is -2.13. The predicted octanol–water partition coefficient (Wildman–Crippen LogP) is 1.56. The first kappa shape index (κ1) is 14.6. The number of rotatable bonds is 4. The standard InChI is InChI=1S/C10H10Cl2N2O4/c11-5-1-2-7(6(12)3-5)13-10(18)14-8(4-15)9(16)17/h1-3,8,15H,4H2,(H,16,17)(H2,13,14,18). The molecule has 1 aromatic rings. The second kappa shape index (κ2) is 6.44. The van der Waals surface area contributed by atoms with Gasteiger partial charge in [-0.25, -0.2) is 9.59 Å². The number of urea groups is 1. The number of hydrogen-bond donors (Lipinski definition) is 4. The van der Waals surface area contributed by atoms with E-state index in [1.54, 1.807) is 0 Å². The summed E-state index contributed by atoms with van der Waals surface area (Å²) in [5.41, 5.74) is 0.278. The molecule has 0 aliphatic heterocycles. The summed E-state index contributed by atoms with van der Waals surface area (Å²) < 4.78 is 0. The summed E-state index contributed by atoms with van der Waals surface area (Å²) in [6.45, 7) is -0.711. The van der Waals surface area contributed by atoms with Gasteiger partial charge in [-0.2, -0.15) is 0 Å². The summed E-state index contributed by atoms with van der Waals surface area (Å²) in [5, 5.41) is 22.4. The molecule has 0 saturated heterocycles. The largest absolute Gasteiger partial charge is 0.480 e. The first-order valence-corrected chi connectivity index (χ1v) is 5.56. The molecule has 98 valence electrons. The molecule has 4 N–H and O–H groups in total. The molecule has 1 unspecified atom stereocenters. The zero-order chi connectivity index (χ0) is 13.7. The third-order valence-corrected chi connectivity index (χ3v) is 2.51. The Morgan fingerprint density at radius 3 is 2.50 bits per heavy atom. The van der Waals surface area contributed by atoms with Crippen molar-refractivity contribution in [3.63, 3.8) is 0 Å². The summed E-state index contributed by atoms with van der Waals surface area (Å²) >= 11 is 11.5. The minimum atomic E-state index is -1.38. The molecule has 1 rings (SSSR count). The van der Waals surface area contributed by atoms with E-state index in [4.69, 9.17) is 33.4 Å². The minimum Gasteiger partial charge on any atom is -0.480 e. The van der Waals surface area contributed by atoms with Gasteiger partial charge in [0.05, 0.1) is 17.3 Å². The van der Waals surface area contributed by atoms with Gasteiger partial charge in [-0.05, 0) is 18.2 Å². The maximum Gasteiger partial charge on any atom is 0.328 e. The van der Waals surface area contributed by atoms with Gasteiger partial charge in [0.1, 0.15) is 0 Å². The molecular formula is C10H10Cl2N2O4. The van der Waals surface area contributed by atoms with E-state index in [2.05, 4.69) is 10.6 Å². The van der Waals surface area contributed by atoms with Crippen LogP contribution in [0.25, 0.3) is 0 Å². The van der Waals surface area contributed by atoms with E-state index in [0.717, 1.165) is 0 Å². The molecule has 0 bridgehead atoms. The Bertz CT molecular complexity index is 467. The molecule has 0 radical (unpaired) electrons. The van der Waals surface area contributed by atoms with Crippen molar-refractivity contribution in [3.8, 4) is 0 Å². The van der Waals surface area contributed by atoms with E-state index in [0.29, 0.717) is 5.02 Å². The van der Waals surface area contributed by atoms with Crippen LogP contribution in [0.4, 0.5) is 10.5 Å². The number of carboxylic acids is 1. The Morgan fingerprint density at radius 2 is 2.00 bits per heavy atom. The number of anilines is 1. The monoisotopic (exact) mass is 292 g/mol. The molecule has 1 atom stereocenters. The van der Waals surface area contributed by atoms with E-state index in [-0.39, 0.29) is 10.7 Å². The van der Waals surface area contributed by atoms with Gasteiger partial charge in [-0.3, -0.25) is 0 Å². The van der Waals surface area contributed by atoms with Gasteiger partial charge in [0.2, 0.25) is 0 Å². The van der Waals surface area contributed by atoms with Crippen LogP contribution in [0.15, 0.2) is 18.2 Å². The number of amides is 2. The van der Waals surface area contributed by atoms with Crippen molar-refractivity contribution in [2.45, 2.75) is 6.04 Å². The number of aliphatic hydroxyl groups excluding tert-OH is 1. The van der Waals surface area contributed by atoms with Crippen molar-refractivity contribution in [1.82, 2.24) is 5.32 Å². The fourth-order valence-electron chi connectivity index (χ4n) is 1.09. The van der Waals surface area contributed by atoms with Gasteiger partial charge in [0.25, 0.3) is 0 Å². The third-order valence-electron chi connectivity index (χ3n) is 1.97.